The lowest BCUT2D eigenvalue weighted by molar-refractivity contribution is -0.138. The Bertz CT molecular complexity index is 1110. The van der Waals surface area contributed by atoms with Crippen LogP contribution in [0.25, 0.3) is 5.95 Å². The number of amides is 1. The Morgan fingerprint density at radius 2 is 1.79 bits per heavy atom. The predicted molar refractivity (Wildman–Crippen MR) is 116 cm³/mol. The van der Waals surface area contributed by atoms with Gasteiger partial charge in [-0.1, -0.05) is 25.5 Å². The van der Waals surface area contributed by atoms with Crippen molar-refractivity contribution in [2.45, 2.75) is 38.4 Å². The van der Waals surface area contributed by atoms with Gasteiger partial charge in [-0.3, -0.25) is 9.59 Å². The van der Waals surface area contributed by atoms with Crippen LogP contribution in [0.3, 0.4) is 0 Å². The van der Waals surface area contributed by atoms with E-state index >= 15 is 0 Å². The molecule has 0 aliphatic carbocycles. The number of carboxylic acids is 1. The second-order valence-electron chi connectivity index (χ2n) is 7.45. The van der Waals surface area contributed by atoms with Gasteiger partial charge in [0.15, 0.2) is 0 Å². The Labute approximate surface area is 193 Å². The van der Waals surface area contributed by atoms with Crippen molar-refractivity contribution in [2.75, 3.05) is 11.9 Å². The lowest BCUT2D eigenvalue weighted by Crippen LogP contribution is -2.26. The third kappa shape index (κ3) is 6.53. The first-order valence-electron chi connectivity index (χ1n) is 10.5. The van der Waals surface area contributed by atoms with Crippen LogP contribution < -0.4 is 10.6 Å². The van der Waals surface area contributed by atoms with Crippen LogP contribution in [0, 0.1) is 0 Å². The number of hydrogen-bond donors (Lipinski definition) is 3. The van der Waals surface area contributed by atoms with Gasteiger partial charge >= 0.3 is 12.1 Å². The molecule has 0 saturated heterocycles. The molecule has 0 aliphatic rings. The molecule has 0 bridgehead atoms. The van der Waals surface area contributed by atoms with Crippen molar-refractivity contribution in [3.63, 3.8) is 0 Å². The molecule has 1 amide bonds. The van der Waals surface area contributed by atoms with Crippen LogP contribution >= 0.6 is 0 Å². The van der Waals surface area contributed by atoms with Gasteiger partial charge < -0.3 is 15.7 Å². The summed E-state index contributed by atoms with van der Waals surface area (Å²) in [5, 5.41) is 18.2. The topological polar surface area (TPSA) is 122 Å². The molecule has 1 atom stereocenters. The number of anilines is 1. The number of hydrogen-bond acceptors (Lipinski definition) is 6. The quantitative estimate of drug-likeness (QED) is 0.406. The minimum atomic E-state index is -4.50. The first-order chi connectivity index (χ1) is 16.2. The number of carboxylic acid groups (broad SMARTS) is 1. The van der Waals surface area contributed by atoms with E-state index in [0.29, 0.717) is 17.4 Å². The second-order valence-corrected chi connectivity index (χ2v) is 7.45. The minimum absolute atomic E-state index is 0.00588. The summed E-state index contributed by atoms with van der Waals surface area (Å²) in [4.78, 5) is 30.9. The number of alkyl halides is 3. The van der Waals surface area contributed by atoms with E-state index in [1.807, 2.05) is 6.92 Å². The van der Waals surface area contributed by atoms with Gasteiger partial charge in [-0.15, -0.1) is 0 Å². The maximum Gasteiger partial charge on any atom is 0.419 e. The summed E-state index contributed by atoms with van der Waals surface area (Å²) in [6.45, 7) is 2.07. The van der Waals surface area contributed by atoms with E-state index in [4.69, 9.17) is 5.11 Å². The van der Waals surface area contributed by atoms with Crippen molar-refractivity contribution in [2.24, 2.45) is 0 Å². The second kappa shape index (κ2) is 10.8. The summed E-state index contributed by atoms with van der Waals surface area (Å²) in [5.41, 5.74) is 1.01. The van der Waals surface area contributed by atoms with Crippen molar-refractivity contribution in [1.29, 1.82) is 0 Å². The van der Waals surface area contributed by atoms with E-state index in [2.05, 4.69) is 25.7 Å². The van der Waals surface area contributed by atoms with Gasteiger partial charge in [-0.05, 0) is 24.1 Å². The summed E-state index contributed by atoms with van der Waals surface area (Å²) < 4.78 is 39.2. The van der Waals surface area contributed by atoms with Gasteiger partial charge in [0.2, 0.25) is 0 Å². The standard InChI is InChI=1S/C22H23F3N6O3/c1-2-3-18(14-4-6-15(7-5-14)20(34)26-9-8-19(32)33)30-17-11-27-21(28-12-17)31-13-16(10-29-31)22(23,24)25/h4-7,10-13,18,30H,2-3,8-9H2,1H3,(H,26,34)(H,32,33)/t18-/m0/s1. The molecule has 2 aromatic heterocycles. The van der Waals surface area contributed by atoms with Crippen molar-refractivity contribution < 1.29 is 27.9 Å². The zero-order chi connectivity index (χ0) is 24.7. The largest absolute Gasteiger partial charge is 0.481 e. The fourth-order valence-electron chi connectivity index (χ4n) is 3.16. The molecule has 3 N–H and O–H groups in total. The molecule has 0 saturated carbocycles. The number of benzene rings is 1. The number of nitrogens with one attached hydrogen (secondary N) is 2. The molecule has 34 heavy (non-hydrogen) atoms. The van der Waals surface area contributed by atoms with Crippen LogP contribution in [-0.4, -0.2) is 43.3 Å². The Balaban J connectivity index is 1.67. The molecule has 0 radical (unpaired) electrons. The van der Waals surface area contributed by atoms with E-state index in [9.17, 15) is 22.8 Å². The lowest BCUT2D eigenvalue weighted by Gasteiger charge is -2.20. The van der Waals surface area contributed by atoms with Crippen LogP contribution in [0.15, 0.2) is 49.1 Å². The highest BCUT2D eigenvalue weighted by Gasteiger charge is 2.32. The lowest BCUT2D eigenvalue weighted by atomic mass is 10.0. The molecule has 1 aromatic carbocycles. The Morgan fingerprint density at radius 3 is 2.35 bits per heavy atom. The van der Waals surface area contributed by atoms with Gasteiger partial charge in [-0.2, -0.15) is 18.3 Å². The maximum atomic E-state index is 12.8. The van der Waals surface area contributed by atoms with Crippen LogP contribution in [0.2, 0.25) is 0 Å². The number of aliphatic carboxylic acids is 1. The summed E-state index contributed by atoms with van der Waals surface area (Å²) in [6.07, 6.45) is 1.43. The number of nitrogens with zero attached hydrogens (tertiary/aromatic N) is 4. The number of halogens is 3. The van der Waals surface area contributed by atoms with E-state index in [1.54, 1.807) is 24.3 Å². The van der Waals surface area contributed by atoms with Gasteiger partial charge in [0.05, 0.1) is 42.3 Å². The molecule has 0 fully saturated rings. The zero-order valence-corrected chi connectivity index (χ0v) is 18.2. The van der Waals surface area contributed by atoms with Crippen molar-refractivity contribution >= 4 is 17.6 Å². The van der Waals surface area contributed by atoms with Gasteiger partial charge in [0.25, 0.3) is 11.9 Å². The first kappa shape index (κ1) is 24.7. The first-order valence-corrected chi connectivity index (χ1v) is 10.5. The van der Waals surface area contributed by atoms with Gasteiger partial charge in [-0.25, -0.2) is 14.6 Å². The molecule has 2 heterocycles. The van der Waals surface area contributed by atoms with E-state index in [0.717, 1.165) is 29.3 Å². The highest BCUT2D eigenvalue weighted by atomic mass is 19.4. The molecule has 9 nitrogen and oxygen atoms in total. The highest BCUT2D eigenvalue weighted by Crippen LogP contribution is 2.29. The van der Waals surface area contributed by atoms with Crippen LogP contribution in [-0.2, 0) is 11.0 Å². The normalized spacial score (nSPS) is 12.2. The van der Waals surface area contributed by atoms with Crippen LogP contribution in [0.4, 0.5) is 18.9 Å². The average Bonchev–Trinajstić information content (AvgIpc) is 3.30. The molecule has 0 aliphatic heterocycles. The Hall–Kier alpha value is -3.96. The third-order valence-electron chi connectivity index (χ3n) is 4.87. The van der Waals surface area contributed by atoms with Crippen molar-refractivity contribution in [3.05, 3.63) is 65.7 Å². The van der Waals surface area contributed by atoms with Crippen molar-refractivity contribution in [3.8, 4) is 5.95 Å². The highest BCUT2D eigenvalue weighted by molar-refractivity contribution is 5.94. The van der Waals surface area contributed by atoms with Crippen LogP contribution in [0.1, 0.15) is 53.7 Å². The molecule has 0 spiro atoms. The summed E-state index contributed by atoms with van der Waals surface area (Å²) >= 11 is 0. The molecular formula is C22H23F3N6O3. The third-order valence-corrected chi connectivity index (χ3v) is 4.87. The molecule has 3 rings (SSSR count). The average molecular weight is 476 g/mol. The van der Waals surface area contributed by atoms with Gasteiger partial charge in [0.1, 0.15) is 0 Å². The monoisotopic (exact) mass is 476 g/mol. The predicted octanol–water partition coefficient (Wildman–Crippen LogP) is 3.84. The number of carbonyl (C=O) groups is 2. The molecule has 180 valence electrons. The fraction of sp³-hybridized carbons (Fsp3) is 0.318. The van der Waals surface area contributed by atoms with Crippen LogP contribution in [0.5, 0.6) is 0 Å². The molecular weight excluding hydrogens is 453 g/mol. The maximum absolute atomic E-state index is 12.8. The van der Waals surface area contributed by atoms with Crippen molar-refractivity contribution in [1.82, 2.24) is 25.1 Å². The van der Waals surface area contributed by atoms with E-state index < -0.39 is 17.7 Å². The number of aromatic nitrogens is 4. The zero-order valence-electron chi connectivity index (χ0n) is 18.2. The summed E-state index contributed by atoms with van der Waals surface area (Å²) in [7, 11) is 0. The molecule has 0 unspecified atom stereocenters. The van der Waals surface area contributed by atoms with Gasteiger partial charge in [0, 0.05) is 18.3 Å². The van der Waals surface area contributed by atoms with E-state index in [1.165, 1.54) is 12.4 Å². The Kier molecular flexibility index (Phi) is 7.82. The minimum Gasteiger partial charge on any atom is -0.481 e. The Morgan fingerprint density at radius 1 is 1.12 bits per heavy atom. The van der Waals surface area contributed by atoms with E-state index in [-0.39, 0.29) is 30.9 Å². The summed E-state index contributed by atoms with van der Waals surface area (Å²) in [5.74, 6) is -1.34. The smallest absolute Gasteiger partial charge is 0.419 e. The molecule has 12 heteroatoms. The number of carbonyl (C=O) groups excluding carboxylic acids is 1. The fourth-order valence-corrected chi connectivity index (χ4v) is 3.16. The SMILES string of the molecule is CCC[C@H](Nc1cnc(-n2cc(C(F)(F)F)cn2)nc1)c1ccc(C(=O)NCCC(=O)O)cc1. The number of rotatable bonds is 10. The summed E-state index contributed by atoms with van der Waals surface area (Å²) in [6, 6.07) is 6.80. The molecule has 3 aromatic rings.